The van der Waals surface area contributed by atoms with Crippen molar-refractivity contribution in [1.29, 1.82) is 0 Å². The van der Waals surface area contributed by atoms with E-state index in [1.165, 1.54) is 0 Å². The number of aromatic hydroxyl groups is 1. The van der Waals surface area contributed by atoms with Gasteiger partial charge in [-0.1, -0.05) is 43.3 Å². The first-order valence-corrected chi connectivity index (χ1v) is 7.40. The third kappa shape index (κ3) is 3.19. The van der Waals surface area contributed by atoms with Gasteiger partial charge in [-0.2, -0.15) is 0 Å². The summed E-state index contributed by atoms with van der Waals surface area (Å²) in [6, 6.07) is 15.6. The summed E-state index contributed by atoms with van der Waals surface area (Å²) in [5.74, 6) is 1.34. The van der Waals surface area contributed by atoms with Gasteiger partial charge in [0.2, 0.25) is 0 Å². The molecule has 3 nitrogen and oxygen atoms in total. The first kappa shape index (κ1) is 14.0. The minimum atomic E-state index is 0.127. The number of epoxide rings is 1. The van der Waals surface area contributed by atoms with Crippen LogP contribution in [0.2, 0.25) is 0 Å². The van der Waals surface area contributed by atoms with Crippen molar-refractivity contribution in [1.82, 2.24) is 0 Å². The highest BCUT2D eigenvalue weighted by Gasteiger charge is 2.25. The lowest BCUT2D eigenvalue weighted by atomic mass is 9.88. The van der Waals surface area contributed by atoms with Crippen LogP contribution in [0.25, 0.3) is 0 Å². The zero-order valence-electron chi connectivity index (χ0n) is 12.2. The molecule has 21 heavy (non-hydrogen) atoms. The molecule has 2 atom stereocenters. The van der Waals surface area contributed by atoms with E-state index in [4.69, 9.17) is 9.47 Å². The van der Waals surface area contributed by atoms with Crippen molar-refractivity contribution < 1.29 is 14.6 Å². The van der Waals surface area contributed by atoms with Crippen molar-refractivity contribution in [3.63, 3.8) is 0 Å². The van der Waals surface area contributed by atoms with Gasteiger partial charge in [0.05, 0.1) is 6.61 Å². The lowest BCUT2D eigenvalue weighted by molar-refractivity contribution is 0.260. The van der Waals surface area contributed by atoms with Crippen LogP contribution in [0.4, 0.5) is 0 Å². The Kier molecular flexibility index (Phi) is 4.11. The van der Waals surface area contributed by atoms with Crippen LogP contribution in [0.15, 0.2) is 48.5 Å². The van der Waals surface area contributed by atoms with Crippen LogP contribution in [0.3, 0.4) is 0 Å². The Morgan fingerprint density at radius 1 is 1.14 bits per heavy atom. The van der Waals surface area contributed by atoms with Crippen molar-refractivity contribution in [3.8, 4) is 11.5 Å². The second kappa shape index (κ2) is 6.19. The van der Waals surface area contributed by atoms with Crippen LogP contribution in [0, 0.1) is 0 Å². The number of hydrogen-bond donors (Lipinski definition) is 1. The van der Waals surface area contributed by atoms with Gasteiger partial charge in [0.1, 0.15) is 24.2 Å². The number of phenolic OH excluding ortho intramolecular Hbond substituents is 1. The quantitative estimate of drug-likeness (QED) is 0.822. The molecule has 0 spiro atoms. The van der Waals surface area contributed by atoms with Crippen LogP contribution in [-0.2, 0) is 4.74 Å². The van der Waals surface area contributed by atoms with E-state index >= 15 is 0 Å². The first-order valence-electron chi connectivity index (χ1n) is 7.40. The Morgan fingerprint density at radius 2 is 1.81 bits per heavy atom. The average Bonchev–Trinajstić information content (AvgIpc) is 3.33. The molecular formula is C18H20O3. The minimum Gasteiger partial charge on any atom is -0.508 e. The van der Waals surface area contributed by atoms with E-state index in [1.807, 2.05) is 36.4 Å². The van der Waals surface area contributed by atoms with Crippen LogP contribution < -0.4 is 4.74 Å². The molecule has 0 amide bonds. The molecule has 1 saturated heterocycles. The number of hydrogen-bond acceptors (Lipinski definition) is 3. The molecule has 0 radical (unpaired) electrons. The summed E-state index contributed by atoms with van der Waals surface area (Å²) in [6.45, 7) is 3.50. The first-order chi connectivity index (χ1) is 10.3. The highest BCUT2D eigenvalue weighted by Crippen LogP contribution is 2.38. The fraction of sp³-hybridized carbons (Fsp3) is 0.333. The molecule has 0 bridgehead atoms. The van der Waals surface area contributed by atoms with Gasteiger partial charge >= 0.3 is 0 Å². The number of ether oxygens (including phenoxy) is 2. The monoisotopic (exact) mass is 284 g/mol. The summed E-state index contributed by atoms with van der Waals surface area (Å²) in [5.41, 5.74) is 2.06. The van der Waals surface area contributed by atoms with Gasteiger partial charge < -0.3 is 14.6 Å². The molecule has 3 rings (SSSR count). The van der Waals surface area contributed by atoms with Crippen LogP contribution in [-0.4, -0.2) is 24.4 Å². The Bertz CT molecular complexity index is 605. The number of phenols is 1. The minimum absolute atomic E-state index is 0.127. The van der Waals surface area contributed by atoms with Crippen molar-refractivity contribution in [2.75, 3.05) is 13.2 Å². The fourth-order valence-electron chi connectivity index (χ4n) is 2.64. The van der Waals surface area contributed by atoms with E-state index in [-0.39, 0.29) is 12.0 Å². The lowest BCUT2D eigenvalue weighted by Crippen LogP contribution is -2.08. The zero-order chi connectivity index (χ0) is 14.7. The maximum absolute atomic E-state index is 10.1. The molecular weight excluding hydrogens is 264 g/mol. The number of para-hydroxylation sites is 2. The molecule has 1 N–H and O–H groups in total. The van der Waals surface area contributed by atoms with Gasteiger partial charge in [0.25, 0.3) is 0 Å². The summed E-state index contributed by atoms with van der Waals surface area (Å²) in [7, 11) is 0. The number of rotatable bonds is 6. The van der Waals surface area contributed by atoms with Gasteiger partial charge in [-0.25, -0.2) is 0 Å². The predicted molar refractivity (Wildman–Crippen MR) is 81.9 cm³/mol. The lowest BCUT2D eigenvalue weighted by Gasteiger charge is -2.20. The summed E-state index contributed by atoms with van der Waals surface area (Å²) in [5, 5.41) is 10.1. The maximum Gasteiger partial charge on any atom is 0.123 e. The second-order valence-corrected chi connectivity index (χ2v) is 5.32. The van der Waals surface area contributed by atoms with E-state index in [9.17, 15) is 5.11 Å². The molecule has 2 unspecified atom stereocenters. The SMILES string of the molecule is CCC(c1ccccc1O)c1ccccc1OCC1CO1. The largest absolute Gasteiger partial charge is 0.508 e. The molecule has 1 fully saturated rings. The van der Waals surface area contributed by atoms with Gasteiger partial charge in [-0.3, -0.25) is 0 Å². The second-order valence-electron chi connectivity index (χ2n) is 5.32. The normalized spacial score (nSPS) is 18.2. The van der Waals surface area contributed by atoms with E-state index < -0.39 is 0 Å². The van der Waals surface area contributed by atoms with Crippen LogP contribution in [0.1, 0.15) is 30.4 Å². The van der Waals surface area contributed by atoms with Gasteiger partial charge in [-0.15, -0.1) is 0 Å². The predicted octanol–water partition coefficient (Wildman–Crippen LogP) is 3.71. The van der Waals surface area contributed by atoms with E-state index in [0.717, 1.165) is 29.9 Å². The Morgan fingerprint density at radius 3 is 2.48 bits per heavy atom. The van der Waals surface area contributed by atoms with Crippen LogP contribution in [0.5, 0.6) is 11.5 Å². The molecule has 0 aliphatic carbocycles. The third-order valence-electron chi connectivity index (χ3n) is 3.84. The van der Waals surface area contributed by atoms with Gasteiger partial charge in [-0.05, 0) is 18.6 Å². The molecule has 0 saturated carbocycles. The van der Waals surface area contributed by atoms with Gasteiger partial charge in [0.15, 0.2) is 0 Å². The molecule has 1 heterocycles. The summed E-state index contributed by atoms with van der Waals surface area (Å²) in [6.07, 6.45) is 1.14. The maximum atomic E-state index is 10.1. The smallest absolute Gasteiger partial charge is 0.123 e. The number of benzene rings is 2. The van der Waals surface area contributed by atoms with Crippen molar-refractivity contribution in [2.24, 2.45) is 0 Å². The summed E-state index contributed by atoms with van der Waals surface area (Å²) in [4.78, 5) is 0. The molecule has 0 aromatic heterocycles. The van der Waals surface area contributed by atoms with E-state index in [1.54, 1.807) is 6.07 Å². The summed E-state index contributed by atoms with van der Waals surface area (Å²) < 4.78 is 11.1. The molecule has 1 aliphatic rings. The van der Waals surface area contributed by atoms with Crippen molar-refractivity contribution in [3.05, 3.63) is 59.7 Å². The Balaban J connectivity index is 1.91. The molecule has 110 valence electrons. The summed E-state index contributed by atoms with van der Waals surface area (Å²) >= 11 is 0. The Hall–Kier alpha value is -2.00. The molecule has 3 heteroatoms. The van der Waals surface area contributed by atoms with Crippen LogP contribution >= 0.6 is 0 Å². The van der Waals surface area contributed by atoms with Crippen molar-refractivity contribution in [2.45, 2.75) is 25.4 Å². The highest BCUT2D eigenvalue weighted by molar-refractivity contribution is 5.46. The van der Waals surface area contributed by atoms with E-state index in [0.29, 0.717) is 12.4 Å². The molecule has 1 aliphatic heterocycles. The van der Waals surface area contributed by atoms with E-state index in [2.05, 4.69) is 13.0 Å². The topological polar surface area (TPSA) is 42.0 Å². The zero-order valence-corrected chi connectivity index (χ0v) is 12.2. The van der Waals surface area contributed by atoms with Crippen molar-refractivity contribution >= 4 is 0 Å². The molecule has 2 aromatic carbocycles. The third-order valence-corrected chi connectivity index (χ3v) is 3.84. The molecule has 2 aromatic rings. The average molecular weight is 284 g/mol. The standard InChI is InChI=1S/C18H20O3/c1-2-14(15-7-3-5-9-17(15)19)16-8-4-6-10-18(16)21-12-13-11-20-13/h3-10,13-14,19H,2,11-12H2,1H3. The Labute approximate surface area is 125 Å². The highest BCUT2D eigenvalue weighted by atomic mass is 16.6. The fourth-order valence-corrected chi connectivity index (χ4v) is 2.64. The van der Waals surface area contributed by atoms with Gasteiger partial charge in [0, 0.05) is 17.0 Å².